The fraction of sp³-hybridized carbons (Fsp3) is 0.222. The van der Waals surface area contributed by atoms with E-state index < -0.39 is 10.0 Å². The van der Waals surface area contributed by atoms with Crippen molar-refractivity contribution >= 4 is 10.0 Å². The van der Waals surface area contributed by atoms with Crippen LogP contribution in [0.15, 0.2) is 24.3 Å². The molecule has 0 atom stereocenters. The molecule has 0 radical (unpaired) electrons. The molecule has 0 spiro atoms. The summed E-state index contributed by atoms with van der Waals surface area (Å²) in [5.41, 5.74) is 0.461. The molecule has 1 aromatic rings. The van der Waals surface area contributed by atoms with E-state index in [0.717, 1.165) is 0 Å². The van der Waals surface area contributed by atoms with Crippen molar-refractivity contribution in [3.8, 4) is 11.8 Å². The quantitative estimate of drug-likeness (QED) is 0.795. The minimum absolute atomic E-state index is 0.0201. The first kappa shape index (κ1) is 11.5. The van der Waals surface area contributed by atoms with Crippen LogP contribution >= 0.6 is 0 Å². The molecule has 5 nitrogen and oxygen atoms in total. The number of nitriles is 1. The van der Waals surface area contributed by atoms with Crippen LogP contribution < -0.4 is 9.88 Å². The molecule has 0 aromatic heterocycles. The van der Waals surface area contributed by atoms with Crippen molar-refractivity contribution in [3.05, 3.63) is 29.8 Å². The van der Waals surface area contributed by atoms with Gasteiger partial charge in [0.1, 0.15) is 12.4 Å². The van der Waals surface area contributed by atoms with Crippen molar-refractivity contribution < 1.29 is 13.2 Å². The highest BCUT2D eigenvalue weighted by molar-refractivity contribution is 7.89. The Morgan fingerprint density at radius 3 is 2.80 bits per heavy atom. The number of nitrogens with zero attached hydrogens (tertiary/aromatic N) is 1. The lowest BCUT2D eigenvalue weighted by Gasteiger charge is -2.04. The molecule has 0 heterocycles. The smallest absolute Gasteiger partial charge is 0.212 e. The molecule has 0 bridgehead atoms. The Labute approximate surface area is 88.1 Å². The van der Waals surface area contributed by atoms with E-state index in [1.807, 2.05) is 6.07 Å². The van der Waals surface area contributed by atoms with E-state index in [4.69, 9.17) is 15.1 Å². The Kier molecular flexibility index (Phi) is 3.66. The van der Waals surface area contributed by atoms with Crippen molar-refractivity contribution in [2.75, 3.05) is 12.4 Å². The van der Waals surface area contributed by atoms with Gasteiger partial charge < -0.3 is 4.74 Å². The second-order valence-corrected chi connectivity index (χ2v) is 4.59. The van der Waals surface area contributed by atoms with Crippen LogP contribution in [0.5, 0.6) is 5.75 Å². The summed E-state index contributed by atoms with van der Waals surface area (Å²) in [6.07, 6.45) is 0. The predicted molar refractivity (Wildman–Crippen MR) is 54.6 cm³/mol. The van der Waals surface area contributed by atoms with E-state index in [2.05, 4.69) is 0 Å². The monoisotopic (exact) mass is 226 g/mol. The molecule has 0 aliphatic rings. The molecule has 15 heavy (non-hydrogen) atoms. The lowest BCUT2D eigenvalue weighted by Crippen LogP contribution is -2.21. The first-order valence-corrected chi connectivity index (χ1v) is 5.86. The second kappa shape index (κ2) is 4.77. The number of primary sulfonamides is 1. The summed E-state index contributed by atoms with van der Waals surface area (Å²) >= 11 is 0. The van der Waals surface area contributed by atoms with Gasteiger partial charge in [-0.1, -0.05) is 6.07 Å². The van der Waals surface area contributed by atoms with Crippen LogP contribution in [-0.2, 0) is 10.0 Å². The Morgan fingerprint density at radius 2 is 2.20 bits per heavy atom. The summed E-state index contributed by atoms with van der Waals surface area (Å²) in [4.78, 5) is 0. The van der Waals surface area contributed by atoms with Crippen LogP contribution in [0.1, 0.15) is 5.56 Å². The second-order valence-electron chi connectivity index (χ2n) is 2.86. The third-order valence-corrected chi connectivity index (χ3v) is 2.34. The zero-order valence-corrected chi connectivity index (χ0v) is 8.70. The van der Waals surface area contributed by atoms with Crippen molar-refractivity contribution in [2.24, 2.45) is 5.14 Å². The van der Waals surface area contributed by atoms with Gasteiger partial charge in [-0.2, -0.15) is 5.26 Å². The fourth-order valence-corrected chi connectivity index (χ4v) is 1.25. The Balaban J connectivity index is 2.55. The zero-order valence-electron chi connectivity index (χ0n) is 7.88. The average Bonchev–Trinajstić information content (AvgIpc) is 2.16. The van der Waals surface area contributed by atoms with E-state index in [0.29, 0.717) is 11.3 Å². The molecule has 0 aliphatic heterocycles. The largest absolute Gasteiger partial charge is 0.492 e. The minimum atomic E-state index is -3.50. The van der Waals surface area contributed by atoms with Crippen LogP contribution in [0.4, 0.5) is 0 Å². The Hall–Kier alpha value is -1.58. The molecule has 1 rings (SSSR count). The summed E-state index contributed by atoms with van der Waals surface area (Å²) in [6.45, 7) is -0.0201. The maximum atomic E-state index is 10.6. The number of ether oxygens (including phenoxy) is 1. The predicted octanol–water partition coefficient (Wildman–Crippen LogP) is 0.226. The number of hydrogen-bond acceptors (Lipinski definition) is 4. The molecule has 0 amide bonds. The van der Waals surface area contributed by atoms with Gasteiger partial charge in [0.05, 0.1) is 17.4 Å². The van der Waals surface area contributed by atoms with Crippen molar-refractivity contribution in [2.45, 2.75) is 0 Å². The highest BCUT2D eigenvalue weighted by Gasteiger charge is 2.03. The fourth-order valence-electron chi connectivity index (χ4n) is 0.931. The summed E-state index contributed by atoms with van der Waals surface area (Å²) in [6, 6.07) is 8.41. The van der Waals surface area contributed by atoms with Gasteiger partial charge in [-0.15, -0.1) is 0 Å². The summed E-state index contributed by atoms with van der Waals surface area (Å²) < 4.78 is 26.3. The lowest BCUT2D eigenvalue weighted by molar-refractivity contribution is 0.341. The number of nitrogens with two attached hydrogens (primary N) is 1. The maximum absolute atomic E-state index is 10.6. The molecule has 0 aliphatic carbocycles. The van der Waals surface area contributed by atoms with Gasteiger partial charge in [-0.3, -0.25) is 0 Å². The molecule has 6 heteroatoms. The van der Waals surface area contributed by atoms with Crippen LogP contribution in [0.3, 0.4) is 0 Å². The summed E-state index contributed by atoms with van der Waals surface area (Å²) in [5.74, 6) is 0.210. The van der Waals surface area contributed by atoms with E-state index in [9.17, 15) is 8.42 Å². The van der Waals surface area contributed by atoms with Crippen molar-refractivity contribution in [1.29, 1.82) is 5.26 Å². The first-order valence-electron chi connectivity index (χ1n) is 4.15. The number of sulfonamides is 1. The SMILES string of the molecule is N#Cc1cccc(OCCS(N)(=O)=O)c1. The highest BCUT2D eigenvalue weighted by atomic mass is 32.2. The molecule has 0 saturated heterocycles. The van der Waals surface area contributed by atoms with Gasteiger partial charge in [-0.05, 0) is 18.2 Å². The van der Waals surface area contributed by atoms with E-state index >= 15 is 0 Å². The molecule has 0 unspecified atom stereocenters. The van der Waals surface area contributed by atoms with Crippen LogP contribution in [-0.4, -0.2) is 20.8 Å². The van der Waals surface area contributed by atoms with Gasteiger partial charge in [0.25, 0.3) is 0 Å². The van der Waals surface area contributed by atoms with Crippen LogP contribution in [0, 0.1) is 11.3 Å². The molecule has 0 fully saturated rings. The van der Waals surface area contributed by atoms with Crippen molar-refractivity contribution in [3.63, 3.8) is 0 Å². The van der Waals surface area contributed by atoms with Gasteiger partial charge in [0.2, 0.25) is 10.0 Å². The molecule has 2 N–H and O–H groups in total. The number of rotatable bonds is 4. The summed E-state index contributed by atoms with van der Waals surface area (Å²) in [7, 11) is -3.50. The Bertz CT molecular complexity index is 476. The standard InChI is InChI=1S/C9H10N2O3S/c10-7-8-2-1-3-9(6-8)14-4-5-15(11,12)13/h1-3,6H,4-5H2,(H2,11,12,13). The average molecular weight is 226 g/mol. The van der Waals surface area contributed by atoms with Crippen LogP contribution in [0.25, 0.3) is 0 Å². The van der Waals surface area contributed by atoms with E-state index in [1.165, 1.54) is 6.07 Å². The maximum Gasteiger partial charge on any atom is 0.212 e. The third-order valence-electron chi connectivity index (χ3n) is 1.60. The van der Waals surface area contributed by atoms with E-state index in [1.54, 1.807) is 18.2 Å². The third kappa shape index (κ3) is 4.44. The normalized spacial score (nSPS) is 10.7. The first-order chi connectivity index (χ1) is 7.01. The van der Waals surface area contributed by atoms with Gasteiger partial charge in [0.15, 0.2) is 0 Å². The zero-order chi connectivity index (χ0) is 11.3. The lowest BCUT2D eigenvalue weighted by atomic mass is 10.2. The molecule has 80 valence electrons. The van der Waals surface area contributed by atoms with Gasteiger partial charge >= 0.3 is 0 Å². The molecular weight excluding hydrogens is 216 g/mol. The number of benzene rings is 1. The van der Waals surface area contributed by atoms with Crippen molar-refractivity contribution in [1.82, 2.24) is 0 Å². The number of hydrogen-bond donors (Lipinski definition) is 1. The highest BCUT2D eigenvalue weighted by Crippen LogP contribution is 2.12. The molecule has 0 saturated carbocycles. The van der Waals surface area contributed by atoms with Gasteiger partial charge in [0, 0.05) is 0 Å². The van der Waals surface area contributed by atoms with Gasteiger partial charge in [-0.25, -0.2) is 13.6 Å². The topological polar surface area (TPSA) is 93.2 Å². The molecular formula is C9H10N2O3S. The van der Waals surface area contributed by atoms with Crippen LogP contribution in [0.2, 0.25) is 0 Å². The minimum Gasteiger partial charge on any atom is -0.492 e. The van der Waals surface area contributed by atoms with E-state index in [-0.39, 0.29) is 12.4 Å². The summed E-state index contributed by atoms with van der Waals surface area (Å²) in [5, 5.41) is 13.4. The Morgan fingerprint density at radius 1 is 1.47 bits per heavy atom. The molecule has 1 aromatic carbocycles.